The lowest BCUT2D eigenvalue weighted by atomic mass is 9.99. The molecule has 2 fully saturated rings. The number of benzene rings is 1. The number of ether oxygens (including phenoxy) is 2. The third-order valence-electron chi connectivity index (χ3n) is 5.57. The Morgan fingerprint density at radius 3 is 2.69 bits per heavy atom. The van der Waals surface area contributed by atoms with Crippen LogP contribution in [0.4, 0.5) is 0 Å². The highest BCUT2D eigenvalue weighted by Gasteiger charge is 2.48. The molecule has 3 atom stereocenters. The smallest absolute Gasteiger partial charge is 0.229 e. The molecule has 1 aliphatic heterocycles. The fourth-order valence-electron chi connectivity index (χ4n) is 4.30. The normalized spacial score (nSPS) is 23.9. The zero-order valence-electron chi connectivity index (χ0n) is 15.0. The van der Waals surface area contributed by atoms with Gasteiger partial charge in [0.25, 0.3) is 0 Å². The molecule has 1 aromatic heterocycles. The molecule has 1 aromatic carbocycles. The van der Waals surface area contributed by atoms with Crippen molar-refractivity contribution in [3.8, 4) is 11.5 Å². The van der Waals surface area contributed by atoms with E-state index in [0.29, 0.717) is 25.0 Å². The largest absolute Gasteiger partial charge is 0.497 e. The Kier molecular flexibility index (Phi) is 4.78. The second-order valence-corrected chi connectivity index (χ2v) is 7.08. The third-order valence-corrected chi connectivity index (χ3v) is 5.57. The molecule has 2 aliphatic rings. The average Bonchev–Trinajstić information content (AvgIpc) is 3.29. The van der Waals surface area contributed by atoms with Crippen LogP contribution in [0.2, 0.25) is 0 Å². The molecular formula is C21H24N2O3. The minimum absolute atomic E-state index is 0.159. The Labute approximate surface area is 153 Å². The number of likely N-dealkylation sites (tertiary alicyclic amines) is 1. The van der Waals surface area contributed by atoms with Gasteiger partial charge in [0.15, 0.2) is 0 Å². The molecular weight excluding hydrogens is 328 g/mol. The summed E-state index contributed by atoms with van der Waals surface area (Å²) in [5.41, 5.74) is 0.829. The summed E-state index contributed by atoms with van der Waals surface area (Å²) in [6.45, 7) is 0.543. The lowest BCUT2D eigenvalue weighted by Crippen LogP contribution is -2.48. The van der Waals surface area contributed by atoms with E-state index in [2.05, 4.69) is 9.88 Å². The van der Waals surface area contributed by atoms with Crippen molar-refractivity contribution in [1.82, 2.24) is 9.88 Å². The van der Waals surface area contributed by atoms with Crippen LogP contribution in [0.5, 0.6) is 11.5 Å². The van der Waals surface area contributed by atoms with E-state index in [9.17, 15) is 4.79 Å². The molecule has 0 radical (unpaired) electrons. The Morgan fingerprint density at radius 2 is 1.96 bits per heavy atom. The van der Waals surface area contributed by atoms with E-state index in [1.165, 1.54) is 6.42 Å². The predicted molar refractivity (Wildman–Crippen MR) is 98.2 cm³/mol. The number of nitrogens with zero attached hydrogens (tertiary/aromatic N) is 2. The molecule has 0 N–H and O–H groups in total. The van der Waals surface area contributed by atoms with E-state index in [-0.39, 0.29) is 11.9 Å². The van der Waals surface area contributed by atoms with Gasteiger partial charge >= 0.3 is 0 Å². The van der Waals surface area contributed by atoms with Crippen LogP contribution >= 0.6 is 0 Å². The number of hydrogen-bond donors (Lipinski definition) is 0. The Balaban J connectivity index is 1.42. The molecule has 1 saturated heterocycles. The zero-order chi connectivity index (χ0) is 17.9. The first-order chi connectivity index (χ1) is 12.7. The van der Waals surface area contributed by atoms with Crippen molar-refractivity contribution in [2.75, 3.05) is 13.7 Å². The molecule has 2 aromatic rings. The van der Waals surface area contributed by atoms with Crippen LogP contribution in [0, 0.1) is 5.92 Å². The molecule has 136 valence electrons. The van der Waals surface area contributed by atoms with E-state index in [1.54, 1.807) is 13.3 Å². The molecule has 1 saturated carbocycles. The van der Waals surface area contributed by atoms with Crippen LogP contribution in [-0.2, 0) is 11.2 Å². The summed E-state index contributed by atoms with van der Waals surface area (Å²) in [6, 6.07) is 13.8. The van der Waals surface area contributed by atoms with Crippen LogP contribution in [-0.4, -0.2) is 41.6 Å². The van der Waals surface area contributed by atoms with E-state index < -0.39 is 0 Å². The molecule has 0 unspecified atom stereocenters. The lowest BCUT2D eigenvalue weighted by molar-refractivity contribution is -0.135. The number of rotatable bonds is 6. The van der Waals surface area contributed by atoms with Gasteiger partial charge in [-0.05, 0) is 61.6 Å². The summed E-state index contributed by atoms with van der Waals surface area (Å²) in [4.78, 5) is 19.3. The van der Waals surface area contributed by atoms with E-state index >= 15 is 0 Å². The van der Waals surface area contributed by atoms with Crippen molar-refractivity contribution in [1.29, 1.82) is 0 Å². The van der Waals surface area contributed by atoms with Crippen molar-refractivity contribution in [2.45, 2.75) is 37.8 Å². The topological polar surface area (TPSA) is 51.7 Å². The van der Waals surface area contributed by atoms with Crippen LogP contribution < -0.4 is 9.47 Å². The van der Waals surface area contributed by atoms with Crippen molar-refractivity contribution in [2.24, 2.45) is 5.92 Å². The number of methoxy groups -OCH3 is 1. The summed E-state index contributed by atoms with van der Waals surface area (Å²) in [6.07, 6.45) is 5.50. The molecule has 1 amide bonds. The minimum atomic E-state index is 0.159. The number of amides is 1. The summed E-state index contributed by atoms with van der Waals surface area (Å²) in [5.74, 6) is 2.33. The second kappa shape index (κ2) is 7.36. The summed E-state index contributed by atoms with van der Waals surface area (Å²) < 4.78 is 11.2. The highest BCUT2D eigenvalue weighted by molar-refractivity contribution is 5.79. The van der Waals surface area contributed by atoms with Crippen molar-refractivity contribution >= 4 is 5.91 Å². The summed E-state index contributed by atoms with van der Waals surface area (Å²) in [5, 5.41) is 0. The van der Waals surface area contributed by atoms with Gasteiger partial charge < -0.3 is 14.4 Å². The standard InChI is InChI=1S/C21H24N2O3/c1-25-18-7-9-19(10-8-18)26-14-20-15-5-6-17(12-15)23(20)21(24)13-16-4-2-3-11-22-16/h2-4,7-11,15,17,20H,5-6,12-14H2,1H3/t15-,17+,20-/m0/s1. The fraction of sp³-hybridized carbons (Fsp3) is 0.429. The Hall–Kier alpha value is -2.56. The predicted octanol–water partition coefficient (Wildman–Crippen LogP) is 3.09. The number of pyridine rings is 1. The van der Waals surface area contributed by atoms with Gasteiger partial charge in [-0.1, -0.05) is 6.07 Å². The molecule has 1 aliphatic carbocycles. The molecule has 2 bridgehead atoms. The lowest BCUT2D eigenvalue weighted by Gasteiger charge is -2.35. The number of aromatic nitrogens is 1. The first-order valence-corrected chi connectivity index (χ1v) is 9.22. The highest BCUT2D eigenvalue weighted by Crippen LogP contribution is 2.42. The maximum Gasteiger partial charge on any atom is 0.229 e. The van der Waals surface area contributed by atoms with Gasteiger partial charge in [0.2, 0.25) is 5.91 Å². The number of hydrogen-bond acceptors (Lipinski definition) is 4. The van der Waals surface area contributed by atoms with Gasteiger partial charge in [-0.3, -0.25) is 9.78 Å². The number of piperidine rings is 1. The summed E-state index contributed by atoms with van der Waals surface area (Å²) in [7, 11) is 1.65. The summed E-state index contributed by atoms with van der Waals surface area (Å²) >= 11 is 0. The maximum atomic E-state index is 12.9. The first-order valence-electron chi connectivity index (χ1n) is 9.22. The van der Waals surface area contributed by atoms with Crippen LogP contribution in [0.25, 0.3) is 0 Å². The molecule has 26 heavy (non-hydrogen) atoms. The van der Waals surface area contributed by atoms with Crippen molar-refractivity contribution in [3.63, 3.8) is 0 Å². The fourth-order valence-corrected chi connectivity index (χ4v) is 4.30. The molecule has 5 heteroatoms. The van der Waals surface area contributed by atoms with Crippen LogP contribution in [0.1, 0.15) is 25.0 Å². The molecule has 2 heterocycles. The second-order valence-electron chi connectivity index (χ2n) is 7.08. The van der Waals surface area contributed by atoms with E-state index in [0.717, 1.165) is 30.0 Å². The molecule has 0 spiro atoms. The molecule has 5 nitrogen and oxygen atoms in total. The Morgan fingerprint density at radius 1 is 1.15 bits per heavy atom. The van der Waals surface area contributed by atoms with E-state index in [4.69, 9.17) is 9.47 Å². The number of carbonyl (C=O) groups excluding carboxylic acids is 1. The first kappa shape index (κ1) is 16.9. The number of fused-ring (bicyclic) bond motifs is 2. The van der Waals surface area contributed by atoms with Gasteiger partial charge in [-0.2, -0.15) is 0 Å². The minimum Gasteiger partial charge on any atom is -0.497 e. The van der Waals surface area contributed by atoms with Gasteiger partial charge in [0.1, 0.15) is 18.1 Å². The average molecular weight is 352 g/mol. The quantitative estimate of drug-likeness (QED) is 0.802. The SMILES string of the molecule is COc1ccc(OC[C@H]2[C@H]3CC[C@H](C3)N2C(=O)Cc2ccccn2)cc1. The zero-order valence-corrected chi connectivity index (χ0v) is 15.0. The van der Waals surface area contributed by atoms with Crippen molar-refractivity contribution in [3.05, 3.63) is 54.4 Å². The van der Waals surface area contributed by atoms with Gasteiger partial charge in [-0.15, -0.1) is 0 Å². The maximum absolute atomic E-state index is 12.9. The van der Waals surface area contributed by atoms with Gasteiger partial charge in [0.05, 0.1) is 19.6 Å². The van der Waals surface area contributed by atoms with Crippen molar-refractivity contribution < 1.29 is 14.3 Å². The van der Waals surface area contributed by atoms with Crippen LogP contribution in [0.3, 0.4) is 0 Å². The third kappa shape index (κ3) is 3.39. The van der Waals surface area contributed by atoms with Gasteiger partial charge in [0, 0.05) is 17.9 Å². The monoisotopic (exact) mass is 352 g/mol. The van der Waals surface area contributed by atoms with E-state index in [1.807, 2.05) is 42.5 Å². The van der Waals surface area contributed by atoms with Crippen LogP contribution in [0.15, 0.2) is 48.7 Å². The van der Waals surface area contributed by atoms with Gasteiger partial charge in [-0.25, -0.2) is 0 Å². The Bertz CT molecular complexity index is 748. The highest BCUT2D eigenvalue weighted by atomic mass is 16.5. The molecule has 4 rings (SSSR count). The number of carbonyl (C=O) groups is 1.